The maximum atomic E-state index is 11.0. The van der Waals surface area contributed by atoms with Crippen molar-refractivity contribution in [3.63, 3.8) is 0 Å². The van der Waals surface area contributed by atoms with E-state index in [1.54, 1.807) is 31.1 Å². The Hall–Kier alpha value is -2.12. The van der Waals surface area contributed by atoms with Gasteiger partial charge >= 0.3 is 0 Å². The van der Waals surface area contributed by atoms with Crippen LogP contribution >= 0.6 is 11.8 Å². The molecule has 4 rings (SSSR count). The van der Waals surface area contributed by atoms with Crippen LogP contribution in [-0.2, 0) is 11.3 Å². The summed E-state index contributed by atoms with van der Waals surface area (Å²) in [7, 11) is 0. The van der Waals surface area contributed by atoms with Crippen LogP contribution in [-0.4, -0.2) is 40.4 Å². The number of rotatable bonds is 4. The number of piperidine rings is 1. The first kappa shape index (κ1) is 17.3. The van der Waals surface area contributed by atoms with Crippen molar-refractivity contribution in [1.82, 2.24) is 20.2 Å². The van der Waals surface area contributed by atoms with E-state index in [0.717, 1.165) is 55.6 Å². The predicted octanol–water partition coefficient (Wildman–Crippen LogP) is 3.03. The number of nitrogens with one attached hydrogen (secondary N) is 2. The van der Waals surface area contributed by atoms with E-state index >= 15 is 0 Å². The minimum absolute atomic E-state index is 0.0677. The molecule has 6 nitrogen and oxygen atoms in total. The van der Waals surface area contributed by atoms with E-state index in [2.05, 4.69) is 43.7 Å². The Labute approximate surface area is 157 Å². The number of carbonyl (C=O) groups is 1. The Bertz CT molecular complexity index is 804. The molecular weight excluding hydrogens is 346 g/mol. The molecule has 1 aromatic heterocycles. The number of fused-ring (bicyclic) bond motifs is 2. The lowest BCUT2D eigenvalue weighted by molar-refractivity contribution is -0.119. The van der Waals surface area contributed by atoms with E-state index in [9.17, 15) is 4.79 Å². The molecule has 1 fully saturated rings. The average molecular weight is 369 g/mol. The van der Waals surface area contributed by atoms with Crippen LogP contribution in [0.15, 0.2) is 40.5 Å². The highest BCUT2D eigenvalue weighted by molar-refractivity contribution is 7.99. The van der Waals surface area contributed by atoms with Gasteiger partial charge in [-0.25, -0.2) is 9.97 Å². The molecule has 1 saturated heterocycles. The monoisotopic (exact) mass is 369 g/mol. The zero-order valence-electron chi connectivity index (χ0n) is 14.9. The second-order valence-corrected chi connectivity index (χ2v) is 7.95. The highest BCUT2D eigenvalue weighted by atomic mass is 32.2. The van der Waals surface area contributed by atoms with Gasteiger partial charge in [-0.05, 0) is 49.5 Å². The van der Waals surface area contributed by atoms with E-state index in [0.29, 0.717) is 5.92 Å². The summed E-state index contributed by atoms with van der Waals surface area (Å²) in [6.45, 7) is 5.51. The van der Waals surface area contributed by atoms with Gasteiger partial charge in [0.05, 0.1) is 5.69 Å². The van der Waals surface area contributed by atoms with Gasteiger partial charge in [0.25, 0.3) is 0 Å². The third kappa shape index (κ3) is 3.99. The molecule has 2 N–H and O–H groups in total. The molecule has 26 heavy (non-hydrogen) atoms. The van der Waals surface area contributed by atoms with Crippen molar-refractivity contribution < 1.29 is 4.79 Å². The molecule has 7 heteroatoms. The topological polar surface area (TPSA) is 70.2 Å². The number of likely N-dealkylation sites (tertiary alicyclic amines) is 1. The number of nitrogens with zero attached hydrogens (tertiary/aromatic N) is 3. The molecule has 0 saturated carbocycles. The summed E-state index contributed by atoms with van der Waals surface area (Å²) in [6.07, 6.45) is 5.72. The highest BCUT2D eigenvalue weighted by Gasteiger charge is 2.21. The van der Waals surface area contributed by atoms with Crippen molar-refractivity contribution in [2.45, 2.75) is 36.2 Å². The van der Waals surface area contributed by atoms with E-state index in [4.69, 9.17) is 0 Å². The molecule has 1 amide bonds. The standard InChI is InChI=1S/C19H23N5OS/c1-13(25)22-11-14-4-8-24(9-5-14)12-15-2-3-17-16(10-15)23-18-19(26-17)21-7-6-20-18/h2-3,6-7,10,14H,4-5,8-9,11-12H2,1H3,(H,20,23)(H,22,25). The third-order valence-electron chi connectivity index (χ3n) is 4.92. The molecule has 2 aliphatic heterocycles. The number of anilines is 2. The van der Waals surface area contributed by atoms with E-state index < -0.39 is 0 Å². The first-order valence-electron chi connectivity index (χ1n) is 9.03. The molecule has 0 bridgehead atoms. The van der Waals surface area contributed by atoms with Crippen LogP contribution in [0.1, 0.15) is 25.3 Å². The van der Waals surface area contributed by atoms with Gasteiger partial charge in [0, 0.05) is 37.3 Å². The number of aromatic nitrogens is 2. The summed E-state index contributed by atoms with van der Waals surface area (Å²) >= 11 is 1.66. The maximum absolute atomic E-state index is 11.0. The van der Waals surface area contributed by atoms with Crippen molar-refractivity contribution in [3.05, 3.63) is 36.2 Å². The highest BCUT2D eigenvalue weighted by Crippen LogP contribution is 2.42. The Morgan fingerprint density at radius 2 is 2.12 bits per heavy atom. The van der Waals surface area contributed by atoms with Crippen molar-refractivity contribution in [3.8, 4) is 0 Å². The maximum Gasteiger partial charge on any atom is 0.216 e. The molecule has 2 aliphatic rings. The van der Waals surface area contributed by atoms with Gasteiger partial charge in [-0.15, -0.1) is 0 Å². The van der Waals surface area contributed by atoms with Crippen molar-refractivity contribution >= 4 is 29.2 Å². The molecule has 0 aliphatic carbocycles. The van der Waals surface area contributed by atoms with E-state index in [1.807, 2.05) is 0 Å². The summed E-state index contributed by atoms with van der Waals surface area (Å²) in [5.41, 5.74) is 2.42. The fraction of sp³-hybridized carbons (Fsp3) is 0.421. The number of benzene rings is 1. The van der Waals surface area contributed by atoms with Crippen LogP contribution < -0.4 is 10.6 Å². The summed E-state index contributed by atoms with van der Waals surface area (Å²) < 4.78 is 0. The lowest BCUT2D eigenvalue weighted by Crippen LogP contribution is -2.37. The number of amides is 1. The summed E-state index contributed by atoms with van der Waals surface area (Å²) in [5, 5.41) is 7.27. The zero-order chi connectivity index (χ0) is 17.9. The molecule has 1 aromatic carbocycles. The van der Waals surface area contributed by atoms with Crippen LogP contribution in [0.3, 0.4) is 0 Å². The molecule has 2 aromatic rings. The third-order valence-corrected chi connectivity index (χ3v) is 5.99. The van der Waals surface area contributed by atoms with Crippen molar-refractivity contribution in [2.75, 3.05) is 25.0 Å². The van der Waals surface area contributed by atoms with Gasteiger partial charge in [-0.3, -0.25) is 9.69 Å². The van der Waals surface area contributed by atoms with Gasteiger partial charge in [0.1, 0.15) is 5.03 Å². The molecule has 3 heterocycles. The minimum atomic E-state index is 0.0677. The Kier molecular flexibility index (Phi) is 5.08. The van der Waals surface area contributed by atoms with Gasteiger partial charge in [0.2, 0.25) is 5.91 Å². The van der Waals surface area contributed by atoms with Gasteiger partial charge in [0.15, 0.2) is 5.82 Å². The first-order chi connectivity index (χ1) is 12.7. The average Bonchev–Trinajstić information content (AvgIpc) is 2.66. The van der Waals surface area contributed by atoms with Crippen molar-refractivity contribution in [2.24, 2.45) is 5.92 Å². The SMILES string of the molecule is CC(=O)NCC1CCN(Cc2ccc3c(c2)Nc2nccnc2S3)CC1. The second-order valence-electron chi connectivity index (χ2n) is 6.92. The van der Waals surface area contributed by atoms with E-state index in [-0.39, 0.29) is 5.91 Å². The Morgan fingerprint density at radius 1 is 1.31 bits per heavy atom. The van der Waals surface area contributed by atoms with Crippen molar-refractivity contribution in [1.29, 1.82) is 0 Å². The smallest absolute Gasteiger partial charge is 0.216 e. The zero-order valence-corrected chi connectivity index (χ0v) is 15.7. The number of hydrogen-bond donors (Lipinski definition) is 2. The summed E-state index contributed by atoms with van der Waals surface area (Å²) in [6, 6.07) is 6.60. The lowest BCUT2D eigenvalue weighted by atomic mass is 9.96. The molecule has 0 radical (unpaired) electrons. The van der Waals surface area contributed by atoms with Gasteiger partial charge in [-0.1, -0.05) is 17.8 Å². The van der Waals surface area contributed by atoms with Gasteiger partial charge in [-0.2, -0.15) is 0 Å². The molecule has 0 spiro atoms. The normalized spacial score (nSPS) is 17.1. The quantitative estimate of drug-likeness (QED) is 0.737. The molecule has 0 unspecified atom stereocenters. The predicted molar refractivity (Wildman–Crippen MR) is 103 cm³/mol. The Balaban J connectivity index is 1.35. The van der Waals surface area contributed by atoms with Crippen LogP contribution in [0.25, 0.3) is 0 Å². The molecule has 0 atom stereocenters. The number of carbonyl (C=O) groups excluding carboxylic acids is 1. The van der Waals surface area contributed by atoms with Crippen LogP contribution in [0.4, 0.5) is 11.5 Å². The first-order valence-corrected chi connectivity index (χ1v) is 9.84. The fourth-order valence-electron chi connectivity index (χ4n) is 3.47. The largest absolute Gasteiger partial charge is 0.356 e. The lowest BCUT2D eigenvalue weighted by Gasteiger charge is -2.32. The Morgan fingerprint density at radius 3 is 2.92 bits per heavy atom. The fourth-order valence-corrected chi connectivity index (χ4v) is 4.35. The number of hydrogen-bond acceptors (Lipinski definition) is 6. The van der Waals surface area contributed by atoms with Crippen LogP contribution in [0.2, 0.25) is 0 Å². The van der Waals surface area contributed by atoms with Crippen LogP contribution in [0, 0.1) is 5.92 Å². The second kappa shape index (κ2) is 7.63. The summed E-state index contributed by atoms with van der Waals surface area (Å²) in [5.74, 6) is 1.51. The summed E-state index contributed by atoms with van der Waals surface area (Å²) in [4.78, 5) is 23.5. The van der Waals surface area contributed by atoms with Gasteiger partial charge < -0.3 is 10.6 Å². The molecular formula is C19H23N5OS. The van der Waals surface area contributed by atoms with E-state index in [1.165, 1.54) is 10.5 Å². The van der Waals surface area contributed by atoms with Crippen LogP contribution in [0.5, 0.6) is 0 Å². The minimum Gasteiger partial charge on any atom is -0.356 e. The molecule has 136 valence electrons.